The van der Waals surface area contributed by atoms with Crippen LogP contribution in [-0.4, -0.2) is 22.9 Å². The molecule has 1 aromatic carbocycles. The maximum absolute atomic E-state index is 13.7. The summed E-state index contributed by atoms with van der Waals surface area (Å²) in [5, 5.41) is 0.386. The fraction of sp³-hybridized carbons (Fsp3) is 0.500. The topological polar surface area (TPSA) is 20.3 Å². The van der Waals surface area contributed by atoms with Crippen molar-refractivity contribution in [1.29, 1.82) is 0 Å². The Hall–Kier alpha value is -1.09. The molecule has 98 valence electrons. The summed E-state index contributed by atoms with van der Waals surface area (Å²) in [4.78, 5) is 14.2. The second kappa shape index (κ2) is 5.27. The van der Waals surface area contributed by atoms with Crippen LogP contribution in [0.1, 0.15) is 43.5 Å². The number of halogens is 2. The van der Waals surface area contributed by atoms with Crippen LogP contribution in [0.15, 0.2) is 18.2 Å². The predicted molar refractivity (Wildman–Crippen MR) is 70.4 cm³/mol. The first-order chi connectivity index (χ1) is 8.50. The van der Waals surface area contributed by atoms with E-state index in [1.165, 1.54) is 18.2 Å². The molecule has 18 heavy (non-hydrogen) atoms. The maximum Gasteiger partial charge on any atom is 0.257 e. The molecule has 1 saturated heterocycles. The van der Waals surface area contributed by atoms with Gasteiger partial charge in [-0.05, 0) is 51.3 Å². The minimum Gasteiger partial charge on any atom is -0.333 e. The number of carbonyl (C=O) groups excluding carboxylic acids is 1. The lowest BCUT2D eigenvalue weighted by Gasteiger charge is -2.39. The average Bonchev–Trinajstić information content (AvgIpc) is 2.32. The lowest BCUT2D eigenvalue weighted by Crippen LogP contribution is -2.47. The van der Waals surface area contributed by atoms with E-state index in [4.69, 9.17) is 11.6 Å². The fourth-order valence-corrected chi connectivity index (χ4v) is 2.79. The number of benzene rings is 1. The molecular weight excluding hydrogens is 253 g/mol. The molecule has 0 aromatic heterocycles. The zero-order valence-corrected chi connectivity index (χ0v) is 11.4. The first-order valence-corrected chi connectivity index (χ1v) is 6.66. The Morgan fingerprint density at radius 1 is 1.33 bits per heavy atom. The number of carbonyl (C=O) groups is 1. The van der Waals surface area contributed by atoms with Crippen molar-refractivity contribution in [3.63, 3.8) is 0 Å². The number of piperidine rings is 1. The monoisotopic (exact) mass is 269 g/mol. The lowest BCUT2D eigenvalue weighted by atomic mass is 9.96. The van der Waals surface area contributed by atoms with Crippen molar-refractivity contribution in [3.05, 3.63) is 34.6 Å². The molecule has 2 nitrogen and oxygen atoms in total. The number of nitrogens with zero attached hydrogens (tertiary/aromatic N) is 1. The van der Waals surface area contributed by atoms with Gasteiger partial charge in [0.2, 0.25) is 0 Å². The van der Waals surface area contributed by atoms with Crippen LogP contribution in [0.2, 0.25) is 5.02 Å². The SMILES string of the molecule is C[C@@H]1CCC[C@H](C)N1C(=O)c1cc(Cl)ccc1F. The molecule has 0 saturated carbocycles. The van der Waals surface area contributed by atoms with Crippen molar-refractivity contribution in [1.82, 2.24) is 4.90 Å². The number of amides is 1. The number of likely N-dealkylation sites (tertiary alicyclic amines) is 1. The Bertz CT molecular complexity index is 453. The van der Waals surface area contributed by atoms with Gasteiger partial charge in [0.15, 0.2) is 0 Å². The number of rotatable bonds is 1. The van der Waals surface area contributed by atoms with Crippen LogP contribution in [0, 0.1) is 5.82 Å². The van der Waals surface area contributed by atoms with Gasteiger partial charge in [0.1, 0.15) is 5.82 Å². The van der Waals surface area contributed by atoms with Gasteiger partial charge in [-0.25, -0.2) is 4.39 Å². The zero-order valence-electron chi connectivity index (χ0n) is 10.6. The summed E-state index contributed by atoms with van der Waals surface area (Å²) < 4.78 is 13.7. The molecule has 0 unspecified atom stereocenters. The highest BCUT2D eigenvalue weighted by molar-refractivity contribution is 6.31. The molecule has 1 amide bonds. The first kappa shape index (κ1) is 13.3. The third-order valence-corrected chi connectivity index (χ3v) is 3.82. The third kappa shape index (κ3) is 2.51. The van der Waals surface area contributed by atoms with Gasteiger partial charge in [-0.2, -0.15) is 0 Å². The van der Waals surface area contributed by atoms with Crippen molar-refractivity contribution < 1.29 is 9.18 Å². The summed E-state index contributed by atoms with van der Waals surface area (Å²) in [6.45, 7) is 4.02. The third-order valence-electron chi connectivity index (χ3n) is 3.59. The van der Waals surface area contributed by atoms with E-state index in [1.807, 2.05) is 13.8 Å². The molecule has 1 fully saturated rings. The number of hydrogen-bond acceptors (Lipinski definition) is 1. The van der Waals surface area contributed by atoms with Crippen LogP contribution in [0.25, 0.3) is 0 Å². The normalized spacial score (nSPS) is 24.1. The Balaban J connectivity index is 2.32. The van der Waals surface area contributed by atoms with Crippen molar-refractivity contribution in [3.8, 4) is 0 Å². The van der Waals surface area contributed by atoms with E-state index in [2.05, 4.69) is 0 Å². The van der Waals surface area contributed by atoms with Crippen LogP contribution < -0.4 is 0 Å². The summed E-state index contributed by atoms with van der Waals surface area (Å²) in [6.07, 6.45) is 3.06. The lowest BCUT2D eigenvalue weighted by molar-refractivity contribution is 0.0506. The van der Waals surface area contributed by atoms with Crippen molar-refractivity contribution >= 4 is 17.5 Å². The van der Waals surface area contributed by atoms with E-state index < -0.39 is 5.82 Å². The summed E-state index contributed by atoms with van der Waals surface area (Å²) in [7, 11) is 0. The Morgan fingerprint density at radius 3 is 2.56 bits per heavy atom. The van der Waals surface area contributed by atoms with E-state index in [0.717, 1.165) is 19.3 Å². The molecule has 1 aromatic rings. The molecule has 1 heterocycles. The van der Waals surface area contributed by atoms with E-state index in [9.17, 15) is 9.18 Å². The van der Waals surface area contributed by atoms with Crippen LogP contribution in [0.5, 0.6) is 0 Å². The van der Waals surface area contributed by atoms with Gasteiger partial charge < -0.3 is 4.90 Å². The largest absolute Gasteiger partial charge is 0.333 e. The molecular formula is C14H17ClFNO. The van der Waals surface area contributed by atoms with Crippen LogP contribution in [0.3, 0.4) is 0 Å². The van der Waals surface area contributed by atoms with Crippen LogP contribution in [0.4, 0.5) is 4.39 Å². The fourth-order valence-electron chi connectivity index (χ4n) is 2.62. The summed E-state index contributed by atoms with van der Waals surface area (Å²) in [5.41, 5.74) is 0.0723. The molecule has 0 radical (unpaired) electrons. The first-order valence-electron chi connectivity index (χ1n) is 6.28. The Kier molecular flexibility index (Phi) is 3.91. The Morgan fingerprint density at radius 2 is 1.94 bits per heavy atom. The van der Waals surface area contributed by atoms with Crippen molar-refractivity contribution in [2.24, 2.45) is 0 Å². The molecule has 1 aliphatic rings. The summed E-state index contributed by atoms with van der Waals surface area (Å²) >= 11 is 5.84. The molecule has 2 rings (SSSR count). The second-order valence-electron chi connectivity index (χ2n) is 4.97. The minimum atomic E-state index is -0.505. The van der Waals surface area contributed by atoms with E-state index in [1.54, 1.807) is 4.90 Å². The highest BCUT2D eigenvalue weighted by Gasteiger charge is 2.30. The average molecular weight is 270 g/mol. The van der Waals surface area contributed by atoms with Gasteiger partial charge in [-0.15, -0.1) is 0 Å². The van der Waals surface area contributed by atoms with Crippen molar-refractivity contribution in [2.75, 3.05) is 0 Å². The van der Waals surface area contributed by atoms with Gasteiger partial charge in [-0.1, -0.05) is 11.6 Å². The quantitative estimate of drug-likeness (QED) is 0.758. The van der Waals surface area contributed by atoms with Gasteiger partial charge in [0, 0.05) is 17.1 Å². The molecule has 4 heteroatoms. The van der Waals surface area contributed by atoms with Crippen LogP contribution >= 0.6 is 11.6 Å². The Labute approximate surface area is 112 Å². The van der Waals surface area contributed by atoms with Gasteiger partial charge in [0.05, 0.1) is 5.56 Å². The van der Waals surface area contributed by atoms with E-state index >= 15 is 0 Å². The highest BCUT2D eigenvalue weighted by atomic mass is 35.5. The zero-order chi connectivity index (χ0) is 13.3. The second-order valence-corrected chi connectivity index (χ2v) is 5.40. The van der Waals surface area contributed by atoms with Gasteiger partial charge in [-0.3, -0.25) is 4.79 Å². The number of hydrogen-bond donors (Lipinski definition) is 0. The molecule has 0 N–H and O–H groups in total. The van der Waals surface area contributed by atoms with Gasteiger partial charge >= 0.3 is 0 Å². The maximum atomic E-state index is 13.7. The standard InChI is InChI=1S/C14H17ClFNO/c1-9-4-3-5-10(2)17(9)14(18)12-8-11(15)6-7-13(12)16/h6-10H,3-5H2,1-2H3/t9-,10+. The minimum absolute atomic E-state index is 0.0723. The molecule has 2 atom stereocenters. The highest BCUT2D eigenvalue weighted by Crippen LogP contribution is 2.26. The molecule has 1 aliphatic heterocycles. The summed E-state index contributed by atoms with van der Waals surface area (Å²) in [5.74, 6) is -0.760. The van der Waals surface area contributed by atoms with E-state index in [-0.39, 0.29) is 23.6 Å². The predicted octanol–water partition coefficient (Wildman–Crippen LogP) is 3.88. The van der Waals surface area contributed by atoms with Gasteiger partial charge in [0.25, 0.3) is 5.91 Å². The molecule has 0 aliphatic carbocycles. The van der Waals surface area contributed by atoms with E-state index in [0.29, 0.717) is 5.02 Å². The van der Waals surface area contributed by atoms with Crippen LogP contribution in [-0.2, 0) is 0 Å². The summed E-state index contributed by atoms with van der Waals surface area (Å²) in [6, 6.07) is 4.41. The smallest absolute Gasteiger partial charge is 0.257 e. The molecule has 0 bridgehead atoms. The molecule has 0 spiro atoms. The van der Waals surface area contributed by atoms with Crippen molar-refractivity contribution in [2.45, 2.75) is 45.2 Å².